The normalized spacial score (nSPS) is 11.0. The van der Waals surface area contributed by atoms with Crippen LogP contribution in [0, 0.1) is 0 Å². The topological polar surface area (TPSA) is 34.6 Å². The van der Waals surface area contributed by atoms with Crippen molar-refractivity contribution < 1.29 is 9.47 Å². The van der Waals surface area contributed by atoms with Gasteiger partial charge in [0.25, 0.3) is 0 Å². The van der Waals surface area contributed by atoms with Crippen molar-refractivity contribution in [1.29, 1.82) is 0 Å². The molecule has 0 spiro atoms. The lowest BCUT2D eigenvalue weighted by atomic mass is 10.1. The van der Waals surface area contributed by atoms with Gasteiger partial charge in [-0.15, -0.1) is 0 Å². The third kappa shape index (κ3) is 3.80. The third-order valence-corrected chi connectivity index (χ3v) is 4.11. The quantitative estimate of drug-likeness (QED) is 0.608. The zero-order valence-corrected chi connectivity index (χ0v) is 15.5. The highest BCUT2D eigenvalue weighted by molar-refractivity contribution is 6.31. The molecule has 3 rings (SSSR count). The van der Waals surface area contributed by atoms with E-state index < -0.39 is 0 Å². The number of fused-ring (bicyclic) bond motifs is 1. The fourth-order valence-corrected chi connectivity index (χ4v) is 2.83. The first-order chi connectivity index (χ1) is 12.0. The highest BCUT2D eigenvalue weighted by Gasteiger charge is 2.12. The minimum absolute atomic E-state index is 0.154. The first-order valence-corrected chi connectivity index (χ1v) is 8.50. The van der Waals surface area contributed by atoms with Gasteiger partial charge < -0.3 is 14.4 Å². The summed E-state index contributed by atoms with van der Waals surface area (Å²) in [5, 5.41) is 2.58. The van der Waals surface area contributed by atoms with E-state index in [1.807, 2.05) is 74.3 Å². The van der Waals surface area contributed by atoms with Gasteiger partial charge in [0.2, 0.25) is 5.88 Å². The number of methoxy groups -OCH3 is 1. The molecular weight excluding hydrogens is 336 g/mol. The fraction of sp³-hybridized carbons (Fsp3) is 0.250. The molecule has 25 heavy (non-hydrogen) atoms. The summed E-state index contributed by atoms with van der Waals surface area (Å²) < 4.78 is 11.1. The zero-order chi connectivity index (χ0) is 18.0. The highest BCUT2D eigenvalue weighted by Crippen LogP contribution is 2.32. The summed E-state index contributed by atoms with van der Waals surface area (Å²) in [7, 11) is 3.59. The van der Waals surface area contributed by atoms with E-state index in [0.717, 1.165) is 28.0 Å². The van der Waals surface area contributed by atoms with E-state index in [9.17, 15) is 0 Å². The number of rotatable bonds is 5. The lowest BCUT2D eigenvalue weighted by Crippen LogP contribution is -2.12. The Bertz CT molecular complexity index is 879. The molecular formula is C20H21ClN2O2. The largest absolute Gasteiger partial charge is 0.491 e. The van der Waals surface area contributed by atoms with E-state index in [-0.39, 0.29) is 6.10 Å². The molecule has 4 nitrogen and oxygen atoms in total. The van der Waals surface area contributed by atoms with Crippen LogP contribution in [0.4, 0.5) is 11.5 Å². The Balaban J connectivity index is 1.96. The standard InChI is InChI=1S/C20H21ClN2O2/c1-13(2)25-17-9-7-16(8-10-17)23(3)19-11-14-5-6-15(21)12-18(14)20(22-19)24-4/h5-13H,1-4H3. The molecule has 0 N–H and O–H groups in total. The van der Waals surface area contributed by atoms with E-state index >= 15 is 0 Å². The molecule has 0 radical (unpaired) electrons. The summed E-state index contributed by atoms with van der Waals surface area (Å²) in [5.74, 6) is 2.21. The van der Waals surface area contributed by atoms with Crippen LogP contribution in [0.3, 0.4) is 0 Å². The van der Waals surface area contributed by atoms with Gasteiger partial charge in [0.15, 0.2) is 0 Å². The maximum absolute atomic E-state index is 6.09. The lowest BCUT2D eigenvalue weighted by molar-refractivity contribution is 0.242. The van der Waals surface area contributed by atoms with Crippen molar-refractivity contribution in [1.82, 2.24) is 4.98 Å². The Hall–Kier alpha value is -2.46. The minimum atomic E-state index is 0.154. The first-order valence-electron chi connectivity index (χ1n) is 8.12. The molecule has 5 heteroatoms. The SMILES string of the molecule is COc1nc(N(C)c2ccc(OC(C)C)cc2)cc2ccc(Cl)cc12. The Morgan fingerprint density at radius 1 is 1.04 bits per heavy atom. The van der Waals surface area contributed by atoms with Crippen molar-refractivity contribution in [2.75, 3.05) is 19.1 Å². The smallest absolute Gasteiger partial charge is 0.223 e. The summed E-state index contributed by atoms with van der Waals surface area (Å²) in [6, 6.07) is 15.7. The number of hydrogen-bond donors (Lipinski definition) is 0. The Morgan fingerprint density at radius 2 is 1.76 bits per heavy atom. The van der Waals surface area contributed by atoms with Gasteiger partial charge in [0.1, 0.15) is 11.6 Å². The molecule has 1 heterocycles. The number of halogens is 1. The van der Waals surface area contributed by atoms with Gasteiger partial charge in [-0.3, -0.25) is 0 Å². The number of aromatic nitrogens is 1. The fourth-order valence-electron chi connectivity index (χ4n) is 2.66. The van der Waals surface area contributed by atoms with Crippen molar-refractivity contribution in [3.63, 3.8) is 0 Å². The third-order valence-electron chi connectivity index (χ3n) is 3.88. The molecule has 0 atom stereocenters. The molecule has 0 bridgehead atoms. The molecule has 0 unspecified atom stereocenters. The zero-order valence-electron chi connectivity index (χ0n) is 14.8. The van der Waals surface area contributed by atoms with Gasteiger partial charge in [-0.05, 0) is 61.7 Å². The van der Waals surface area contributed by atoms with Crippen molar-refractivity contribution in [3.8, 4) is 11.6 Å². The molecule has 2 aromatic carbocycles. The van der Waals surface area contributed by atoms with E-state index in [4.69, 9.17) is 21.1 Å². The monoisotopic (exact) mass is 356 g/mol. The number of benzene rings is 2. The van der Waals surface area contributed by atoms with Crippen molar-refractivity contribution >= 4 is 33.9 Å². The summed E-state index contributed by atoms with van der Waals surface area (Å²) in [6.07, 6.45) is 0.154. The van der Waals surface area contributed by atoms with Gasteiger partial charge in [-0.2, -0.15) is 4.98 Å². The molecule has 3 aromatic rings. The van der Waals surface area contributed by atoms with Gasteiger partial charge in [-0.1, -0.05) is 17.7 Å². The summed E-state index contributed by atoms with van der Waals surface area (Å²) in [4.78, 5) is 6.63. The average Bonchev–Trinajstić information content (AvgIpc) is 2.60. The summed E-state index contributed by atoms with van der Waals surface area (Å²) in [5.41, 5.74) is 1.01. The minimum Gasteiger partial charge on any atom is -0.491 e. The van der Waals surface area contributed by atoms with Crippen molar-refractivity contribution in [2.24, 2.45) is 0 Å². The van der Waals surface area contributed by atoms with Crippen LogP contribution in [0.2, 0.25) is 5.02 Å². The number of hydrogen-bond acceptors (Lipinski definition) is 4. The molecule has 0 aliphatic rings. The van der Waals surface area contributed by atoms with Gasteiger partial charge in [-0.25, -0.2) is 0 Å². The first kappa shape index (κ1) is 17.4. The van der Waals surface area contributed by atoms with Gasteiger partial charge >= 0.3 is 0 Å². The molecule has 0 aliphatic heterocycles. The van der Waals surface area contributed by atoms with E-state index in [2.05, 4.69) is 4.98 Å². The highest BCUT2D eigenvalue weighted by atomic mass is 35.5. The second kappa shape index (κ2) is 7.19. The molecule has 0 saturated carbocycles. The van der Waals surface area contributed by atoms with E-state index in [1.165, 1.54) is 0 Å². The van der Waals surface area contributed by atoms with E-state index in [1.54, 1.807) is 7.11 Å². The average molecular weight is 357 g/mol. The molecule has 1 aromatic heterocycles. The van der Waals surface area contributed by atoms with Crippen LogP contribution >= 0.6 is 11.6 Å². The van der Waals surface area contributed by atoms with E-state index in [0.29, 0.717) is 10.9 Å². The molecule has 0 amide bonds. The second-order valence-corrected chi connectivity index (χ2v) is 6.51. The Morgan fingerprint density at radius 3 is 2.40 bits per heavy atom. The predicted molar refractivity (Wildman–Crippen MR) is 104 cm³/mol. The lowest BCUT2D eigenvalue weighted by Gasteiger charge is -2.20. The molecule has 0 fully saturated rings. The maximum atomic E-state index is 6.09. The van der Waals surface area contributed by atoms with Gasteiger partial charge in [0, 0.05) is 23.1 Å². The van der Waals surface area contributed by atoms with Crippen LogP contribution in [-0.4, -0.2) is 25.2 Å². The van der Waals surface area contributed by atoms with Crippen molar-refractivity contribution in [2.45, 2.75) is 20.0 Å². The van der Waals surface area contributed by atoms with Crippen LogP contribution in [-0.2, 0) is 0 Å². The number of ether oxygens (including phenoxy) is 2. The van der Waals surface area contributed by atoms with Crippen LogP contribution < -0.4 is 14.4 Å². The summed E-state index contributed by atoms with van der Waals surface area (Å²) in [6.45, 7) is 4.02. The Labute approximate surface area is 153 Å². The number of nitrogens with zero attached hydrogens (tertiary/aromatic N) is 2. The predicted octanol–water partition coefficient (Wildman–Crippen LogP) is 5.45. The molecule has 0 saturated heterocycles. The summed E-state index contributed by atoms with van der Waals surface area (Å²) >= 11 is 6.09. The van der Waals surface area contributed by atoms with Crippen molar-refractivity contribution in [3.05, 3.63) is 53.6 Å². The van der Waals surface area contributed by atoms with Crippen LogP contribution in [0.5, 0.6) is 11.6 Å². The Kier molecular flexibility index (Phi) is 5.00. The maximum Gasteiger partial charge on any atom is 0.223 e. The van der Waals surface area contributed by atoms with Crippen LogP contribution in [0.25, 0.3) is 10.8 Å². The van der Waals surface area contributed by atoms with Gasteiger partial charge in [0.05, 0.1) is 13.2 Å². The van der Waals surface area contributed by atoms with Crippen LogP contribution in [0.15, 0.2) is 48.5 Å². The number of anilines is 2. The molecule has 130 valence electrons. The van der Waals surface area contributed by atoms with Crippen LogP contribution in [0.1, 0.15) is 13.8 Å². The number of pyridine rings is 1. The molecule has 0 aliphatic carbocycles. The second-order valence-electron chi connectivity index (χ2n) is 6.07.